The largest absolute Gasteiger partial charge is 0.508 e. The molecule has 0 saturated carbocycles. The van der Waals surface area contributed by atoms with Crippen LogP contribution in [0.25, 0.3) is 0 Å². The topological polar surface area (TPSA) is 9.23 Å². The second-order valence-corrected chi connectivity index (χ2v) is 3.89. The monoisotopic (exact) mass is 269 g/mol. The van der Waals surface area contributed by atoms with E-state index in [1.165, 1.54) is 12.1 Å². The lowest BCUT2D eigenvalue weighted by Gasteiger charge is -2.19. The first-order valence-corrected chi connectivity index (χ1v) is 5.02. The van der Waals surface area contributed by atoms with Crippen LogP contribution >= 0.6 is 23.2 Å². The van der Waals surface area contributed by atoms with Gasteiger partial charge in [0.25, 0.3) is 0 Å². The average molecular weight is 270 g/mol. The fourth-order valence-corrected chi connectivity index (χ4v) is 1.39. The number of halogens is 5. The van der Waals surface area contributed by atoms with Crippen LogP contribution in [0.4, 0.5) is 12.9 Å². The summed E-state index contributed by atoms with van der Waals surface area (Å²) in [6.07, 6.45) is 0. The molecule has 0 N–H and O–H groups in total. The molecule has 1 aromatic carbocycles. The van der Waals surface area contributed by atoms with Crippen molar-refractivity contribution in [2.24, 2.45) is 0 Å². The summed E-state index contributed by atoms with van der Waals surface area (Å²) in [7, 11) is 0. The van der Waals surface area contributed by atoms with E-state index in [-0.39, 0.29) is 15.8 Å². The SMILES string of the molecule is C=C(COc1c(Cl)cccc1Cl)[B-](F)(F)F. The van der Waals surface area contributed by atoms with Crippen LogP contribution < -0.4 is 4.74 Å². The standard InChI is InChI=1S/C9H7BCl2F3O/c1-6(10(13,14)15)5-16-9-7(11)3-2-4-8(9)12/h2-4H,1,5H2/q-1. The van der Waals surface area contributed by atoms with E-state index in [2.05, 4.69) is 6.58 Å². The highest BCUT2D eigenvalue weighted by Crippen LogP contribution is 2.33. The minimum absolute atomic E-state index is 0.0343. The highest BCUT2D eigenvalue weighted by atomic mass is 35.5. The summed E-state index contributed by atoms with van der Waals surface area (Å²) < 4.78 is 41.4. The normalized spacial score (nSPS) is 11.3. The van der Waals surface area contributed by atoms with Gasteiger partial charge >= 0.3 is 6.98 Å². The first-order chi connectivity index (χ1) is 7.32. The van der Waals surface area contributed by atoms with Gasteiger partial charge in [0, 0.05) is 0 Å². The maximum Gasteiger partial charge on any atom is 0.508 e. The molecule has 0 fully saturated rings. The van der Waals surface area contributed by atoms with Crippen molar-refractivity contribution in [2.75, 3.05) is 6.61 Å². The summed E-state index contributed by atoms with van der Waals surface area (Å²) in [6.45, 7) is -2.88. The van der Waals surface area contributed by atoms with Crippen LogP contribution in [-0.4, -0.2) is 13.6 Å². The van der Waals surface area contributed by atoms with Gasteiger partial charge in [-0.05, 0) is 12.1 Å². The van der Waals surface area contributed by atoms with Gasteiger partial charge in [-0.3, -0.25) is 0 Å². The molecular weight excluding hydrogens is 263 g/mol. The van der Waals surface area contributed by atoms with Crippen molar-refractivity contribution in [1.82, 2.24) is 0 Å². The zero-order chi connectivity index (χ0) is 12.3. The Labute approximate surface area is 101 Å². The number of ether oxygens (including phenoxy) is 1. The van der Waals surface area contributed by atoms with Crippen molar-refractivity contribution in [3.05, 3.63) is 40.3 Å². The molecule has 0 heterocycles. The van der Waals surface area contributed by atoms with Gasteiger partial charge in [-0.15, -0.1) is 12.1 Å². The molecule has 1 aromatic rings. The number of hydrogen-bond acceptors (Lipinski definition) is 1. The third-order valence-electron chi connectivity index (χ3n) is 1.78. The van der Waals surface area contributed by atoms with E-state index >= 15 is 0 Å². The van der Waals surface area contributed by atoms with Crippen LogP contribution in [0.3, 0.4) is 0 Å². The lowest BCUT2D eigenvalue weighted by molar-refractivity contribution is 0.347. The molecule has 1 nitrogen and oxygen atoms in total. The van der Waals surface area contributed by atoms with E-state index in [9.17, 15) is 12.9 Å². The van der Waals surface area contributed by atoms with Gasteiger partial charge in [0.1, 0.15) is 0 Å². The highest BCUT2D eigenvalue weighted by molar-refractivity contribution is 6.66. The lowest BCUT2D eigenvalue weighted by atomic mass is 9.81. The molecule has 0 aliphatic carbocycles. The Hall–Kier alpha value is -0.805. The van der Waals surface area contributed by atoms with Gasteiger partial charge in [-0.1, -0.05) is 29.3 Å². The van der Waals surface area contributed by atoms with E-state index in [0.717, 1.165) is 0 Å². The number of para-hydroxylation sites is 1. The Morgan fingerprint density at radius 3 is 2.19 bits per heavy atom. The molecule has 0 unspecified atom stereocenters. The van der Waals surface area contributed by atoms with Crippen molar-refractivity contribution in [3.8, 4) is 5.75 Å². The molecule has 0 saturated heterocycles. The molecule has 88 valence electrons. The first kappa shape index (κ1) is 13.3. The van der Waals surface area contributed by atoms with Crippen molar-refractivity contribution < 1.29 is 17.7 Å². The van der Waals surface area contributed by atoms with E-state index in [4.69, 9.17) is 27.9 Å². The summed E-state index contributed by atoms with van der Waals surface area (Å²) in [5.74, 6) is 0.0343. The van der Waals surface area contributed by atoms with Crippen LogP contribution in [0, 0.1) is 0 Å². The summed E-state index contributed by atoms with van der Waals surface area (Å²) in [5, 5.41) is 0.324. The fourth-order valence-electron chi connectivity index (χ4n) is 0.880. The minimum Gasteiger partial charge on any atom is -0.489 e. The zero-order valence-electron chi connectivity index (χ0n) is 8.02. The van der Waals surface area contributed by atoms with Gasteiger partial charge in [0.15, 0.2) is 5.75 Å². The zero-order valence-corrected chi connectivity index (χ0v) is 9.53. The Bertz CT molecular complexity index is 386. The molecule has 0 atom stereocenters. The molecule has 0 aliphatic heterocycles. The summed E-state index contributed by atoms with van der Waals surface area (Å²) >= 11 is 11.4. The van der Waals surface area contributed by atoms with Crippen molar-refractivity contribution in [3.63, 3.8) is 0 Å². The predicted molar refractivity (Wildman–Crippen MR) is 60.2 cm³/mol. The third-order valence-corrected chi connectivity index (χ3v) is 2.38. The molecule has 0 aromatic heterocycles. The van der Waals surface area contributed by atoms with Crippen LogP contribution in [0.1, 0.15) is 0 Å². The fraction of sp³-hybridized carbons (Fsp3) is 0.111. The summed E-state index contributed by atoms with van der Waals surface area (Å²) in [4.78, 5) is 0. The summed E-state index contributed by atoms with van der Waals surface area (Å²) in [6, 6.07) is 4.52. The van der Waals surface area contributed by atoms with E-state index in [0.29, 0.717) is 0 Å². The van der Waals surface area contributed by atoms with Gasteiger partial charge in [0.2, 0.25) is 0 Å². The number of rotatable bonds is 4. The average Bonchev–Trinajstić information content (AvgIpc) is 2.15. The molecule has 0 amide bonds. The molecular formula is C9H7BCl2F3O-. The number of hydrogen-bond donors (Lipinski definition) is 0. The van der Waals surface area contributed by atoms with Crippen LogP contribution in [0.2, 0.25) is 10.0 Å². The van der Waals surface area contributed by atoms with Gasteiger partial charge < -0.3 is 17.7 Å². The smallest absolute Gasteiger partial charge is 0.489 e. The molecule has 1 rings (SSSR count). The van der Waals surface area contributed by atoms with Crippen molar-refractivity contribution in [2.45, 2.75) is 0 Å². The van der Waals surface area contributed by atoms with Crippen molar-refractivity contribution >= 4 is 30.2 Å². The first-order valence-electron chi connectivity index (χ1n) is 4.27. The quantitative estimate of drug-likeness (QED) is 0.740. The van der Waals surface area contributed by atoms with Gasteiger partial charge in [-0.25, -0.2) is 0 Å². The molecule has 7 heteroatoms. The Morgan fingerprint density at radius 2 is 1.75 bits per heavy atom. The maximum atomic E-state index is 12.2. The Morgan fingerprint density at radius 1 is 1.25 bits per heavy atom. The van der Waals surface area contributed by atoms with E-state index in [1.807, 2.05) is 0 Å². The second kappa shape index (κ2) is 5.02. The maximum absolute atomic E-state index is 12.2. The molecule has 16 heavy (non-hydrogen) atoms. The van der Waals surface area contributed by atoms with E-state index in [1.54, 1.807) is 6.07 Å². The number of benzene rings is 1. The lowest BCUT2D eigenvalue weighted by Crippen LogP contribution is -2.23. The minimum atomic E-state index is -5.10. The van der Waals surface area contributed by atoms with Crippen LogP contribution in [-0.2, 0) is 0 Å². The molecule has 0 bridgehead atoms. The second-order valence-electron chi connectivity index (χ2n) is 3.07. The predicted octanol–water partition coefficient (Wildman–Crippen LogP) is 4.32. The highest BCUT2D eigenvalue weighted by Gasteiger charge is 2.27. The Balaban J connectivity index is 2.73. The van der Waals surface area contributed by atoms with Crippen LogP contribution in [0.15, 0.2) is 30.3 Å². The van der Waals surface area contributed by atoms with E-state index < -0.39 is 19.1 Å². The van der Waals surface area contributed by atoms with Gasteiger partial charge in [-0.2, -0.15) is 0 Å². The van der Waals surface area contributed by atoms with Crippen LogP contribution in [0.5, 0.6) is 5.75 Å². The Kier molecular flexibility index (Phi) is 4.16. The van der Waals surface area contributed by atoms with Gasteiger partial charge in [0.05, 0.1) is 16.7 Å². The molecule has 0 aliphatic rings. The molecule has 0 spiro atoms. The van der Waals surface area contributed by atoms with Crippen molar-refractivity contribution in [1.29, 1.82) is 0 Å². The molecule has 0 radical (unpaired) electrons. The third kappa shape index (κ3) is 3.35. The summed E-state index contributed by atoms with van der Waals surface area (Å²) in [5.41, 5.74) is -0.934.